The molecule has 1 unspecified atom stereocenters. The third-order valence-electron chi connectivity index (χ3n) is 5.56. The summed E-state index contributed by atoms with van der Waals surface area (Å²) in [7, 11) is -2.35. The van der Waals surface area contributed by atoms with E-state index in [2.05, 4.69) is 88.7 Å². The SMILES string of the molecule is O=C1OC([P+](c2ccccc2)(c2ccccc2)c2ccccc2)c2cc(Br)ccc21. The Balaban J connectivity index is 1.89. The summed E-state index contributed by atoms with van der Waals surface area (Å²) in [6.45, 7) is 0. The lowest BCUT2D eigenvalue weighted by atomic mass is 10.1. The monoisotopic (exact) mass is 473 g/mol. The Bertz CT molecular complexity index is 1100. The van der Waals surface area contributed by atoms with Crippen LogP contribution in [0.4, 0.5) is 0 Å². The molecule has 4 heteroatoms. The number of esters is 1. The van der Waals surface area contributed by atoms with Gasteiger partial charge in [0.05, 0.1) is 5.56 Å². The Labute approximate surface area is 185 Å². The van der Waals surface area contributed by atoms with Gasteiger partial charge in [0.15, 0.2) is 7.26 Å². The highest BCUT2D eigenvalue weighted by atomic mass is 79.9. The Hall–Kier alpha value is -2.74. The van der Waals surface area contributed by atoms with Gasteiger partial charge < -0.3 is 4.74 Å². The van der Waals surface area contributed by atoms with Crippen molar-refractivity contribution in [3.63, 3.8) is 0 Å². The second kappa shape index (κ2) is 7.83. The Morgan fingerprint density at radius 3 is 1.60 bits per heavy atom. The van der Waals surface area contributed by atoms with Crippen molar-refractivity contribution in [3.05, 3.63) is 125 Å². The van der Waals surface area contributed by atoms with Crippen LogP contribution in [-0.2, 0) is 4.74 Å². The van der Waals surface area contributed by atoms with Gasteiger partial charge in [0.25, 0.3) is 0 Å². The van der Waals surface area contributed by atoms with Crippen molar-refractivity contribution in [2.75, 3.05) is 0 Å². The zero-order chi connectivity index (χ0) is 20.6. The standard InChI is InChI=1S/C26H19BrO2P/c27-19-16-17-23-24(18-19)26(29-25(23)28)30(20-10-4-1-5-11-20,21-12-6-2-7-13-21)22-14-8-3-9-15-22/h1-18,26H/q+1. The van der Waals surface area contributed by atoms with Crippen LogP contribution < -0.4 is 15.9 Å². The van der Waals surface area contributed by atoms with Crippen LogP contribution >= 0.6 is 23.2 Å². The first-order valence-corrected chi connectivity index (χ1v) is 12.4. The van der Waals surface area contributed by atoms with Crippen molar-refractivity contribution >= 4 is 45.1 Å². The van der Waals surface area contributed by atoms with E-state index < -0.39 is 7.26 Å². The lowest BCUT2D eigenvalue weighted by Crippen LogP contribution is -2.35. The largest absolute Gasteiger partial charge is 0.418 e. The highest BCUT2D eigenvalue weighted by Crippen LogP contribution is 2.69. The molecule has 2 nitrogen and oxygen atoms in total. The summed E-state index contributed by atoms with van der Waals surface area (Å²) in [6.07, 6.45) is 0. The first-order valence-electron chi connectivity index (χ1n) is 9.77. The minimum absolute atomic E-state index is 0.255. The molecular formula is C26H19BrO2P+. The lowest BCUT2D eigenvalue weighted by Gasteiger charge is -2.31. The van der Waals surface area contributed by atoms with Crippen LogP contribution in [0.25, 0.3) is 0 Å². The van der Waals surface area contributed by atoms with Gasteiger partial charge in [0, 0.05) is 10.0 Å². The predicted molar refractivity (Wildman–Crippen MR) is 127 cm³/mol. The number of carbonyl (C=O) groups excluding carboxylic acids is 1. The molecule has 0 aliphatic carbocycles. The molecule has 0 saturated carbocycles. The minimum atomic E-state index is -2.35. The van der Waals surface area contributed by atoms with E-state index in [0.29, 0.717) is 5.56 Å². The molecular weight excluding hydrogens is 455 g/mol. The van der Waals surface area contributed by atoms with E-state index in [-0.39, 0.29) is 11.8 Å². The molecule has 146 valence electrons. The summed E-state index contributed by atoms with van der Waals surface area (Å²) >= 11 is 3.59. The highest BCUT2D eigenvalue weighted by molar-refractivity contribution is 9.10. The second-order valence-electron chi connectivity index (χ2n) is 7.22. The van der Waals surface area contributed by atoms with Gasteiger partial charge in [-0.05, 0) is 54.6 Å². The normalized spacial score (nSPS) is 15.5. The van der Waals surface area contributed by atoms with Crippen LogP contribution in [0.15, 0.2) is 114 Å². The van der Waals surface area contributed by atoms with E-state index in [1.165, 1.54) is 15.9 Å². The average Bonchev–Trinajstić information content (AvgIpc) is 3.12. The summed E-state index contributed by atoms with van der Waals surface area (Å²) in [6, 6.07) is 37.2. The van der Waals surface area contributed by atoms with E-state index in [4.69, 9.17) is 4.74 Å². The first-order chi connectivity index (χ1) is 14.7. The number of ether oxygens (including phenoxy) is 1. The van der Waals surface area contributed by atoms with E-state index in [1.54, 1.807) is 0 Å². The molecule has 1 heterocycles. The number of carbonyl (C=O) groups is 1. The average molecular weight is 474 g/mol. The van der Waals surface area contributed by atoms with Gasteiger partial charge in [-0.1, -0.05) is 70.5 Å². The summed E-state index contributed by atoms with van der Waals surface area (Å²) in [5.74, 6) is -0.639. The third kappa shape index (κ3) is 3.01. The first kappa shape index (κ1) is 19.2. The molecule has 0 bridgehead atoms. The number of rotatable bonds is 4. The lowest BCUT2D eigenvalue weighted by molar-refractivity contribution is 0.0514. The van der Waals surface area contributed by atoms with Gasteiger partial charge in [-0.2, -0.15) is 0 Å². The molecule has 1 aliphatic rings. The van der Waals surface area contributed by atoms with Gasteiger partial charge in [-0.25, -0.2) is 4.79 Å². The van der Waals surface area contributed by atoms with Crippen LogP contribution in [0.2, 0.25) is 0 Å². The second-order valence-corrected chi connectivity index (χ2v) is 11.6. The van der Waals surface area contributed by atoms with Crippen LogP contribution in [0.3, 0.4) is 0 Å². The Kier molecular flexibility index (Phi) is 5.02. The van der Waals surface area contributed by atoms with Crippen molar-refractivity contribution in [2.45, 2.75) is 5.85 Å². The number of cyclic esters (lactones) is 1. The van der Waals surface area contributed by atoms with E-state index in [9.17, 15) is 4.79 Å². The molecule has 0 radical (unpaired) electrons. The van der Waals surface area contributed by atoms with Crippen molar-refractivity contribution in [3.8, 4) is 0 Å². The van der Waals surface area contributed by atoms with Crippen LogP contribution in [0.1, 0.15) is 21.8 Å². The molecule has 0 fully saturated rings. The Morgan fingerprint density at radius 2 is 1.13 bits per heavy atom. The van der Waals surface area contributed by atoms with Crippen LogP contribution in [-0.4, -0.2) is 5.97 Å². The van der Waals surface area contributed by atoms with Gasteiger partial charge in [-0.3, -0.25) is 0 Å². The highest BCUT2D eigenvalue weighted by Gasteiger charge is 2.58. The fraction of sp³-hybridized carbons (Fsp3) is 0.0385. The molecule has 0 aromatic heterocycles. The fourth-order valence-electron chi connectivity index (χ4n) is 4.28. The number of benzene rings is 4. The van der Waals surface area contributed by atoms with Gasteiger partial charge in [0.1, 0.15) is 15.9 Å². The van der Waals surface area contributed by atoms with Crippen molar-refractivity contribution in [2.24, 2.45) is 0 Å². The third-order valence-corrected chi connectivity index (χ3v) is 10.5. The number of fused-ring (bicyclic) bond motifs is 1. The molecule has 4 aromatic rings. The molecule has 0 saturated heterocycles. The molecule has 0 spiro atoms. The summed E-state index contributed by atoms with van der Waals surface area (Å²) in [4.78, 5) is 12.9. The van der Waals surface area contributed by atoms with Crippen molar-refractivity contribution in [1.82, 2.24) is 0 Å². The van der Waals surface area contributed by atoms with Crippen LogP contribution in [0, 0.1) is 0 Å². The zero-order valence-electron chi connectivity index (χ0n) is 16.1. The van der Waals surface area contributed by atoms with Gasteiger partial charge in [0.2, 0.25) is 5.85 Å². The summed E-state index contributed by atoms with van der Waals surface area (Å²) in [5, 5.41) is 3.56. The minimum Gasteiger partial charge on any atom is -0.418 e. The van der Waals surface area contributed by atoms with Crippen molar-refractivity contribution < 1.29 is 9.53 Å². The molecule has 4 aromatic carbocycles. The van der Waals surface area contributed by atoms with E-state index in [1.807, 2.05) is 36.4 Å². The Morgan fingerprint density at radius 1 is 0.667 bits per heavy atom. The predicted octanol–water partition coefficient (Wildman–Crippen LogP) is 5.61. The van der Waals surface area contributed by atoms with Crippen LogP contribution in [0.5, 0.6) is 0 Å². The number of hydrogen-bond acceptors (Lipinski definition) is 2. The maximum Gasteiger partial charge on any atom is 0.342 e. The maximum atomic E-state index is 12.9. The summed E-state index contributed by atoms with van der Waals surface area (Å²) in [5.41, 5.74) is 1.59. The molecule has 1 aliphatic heterocycles. The van der Waals surface area contributed by atoms with E-state index in [0.717, 1.165) is 10.0 Å². The number of hydrogen-bond donors (Lipinski definition) is 0. The fourth-order valence-corrected chi connectivity index (χ4v) is 9.18. The maximum absolute atomic E-state index is 12.9. The molecule has 0 amide bonds. The number of halogens is 1. The van der Waals surface area contributed by atoms with Gasteiger partial charge >= 0.3 is 5.97 Å². The van der Waals surface area contributed by atoms with Crippen molar-refractivity contribution in [1.29, 1.82) is 0 Å². The zero-order valence-corrected chi connectivity index (χ0v) is 18.6. The molecule has 30 heavy (non-hydrogen) atoms. The topological polar surface area (TPSA) is 26.3 Å². The smallest absolute Gasteiger partial charge is 0.342 e. The molecule has 1 atom stereocenters. The molecule has 5 rings (SSSR count). The summed E-state index contributed by atoms with van der Waals surface area (Å²) < 4.78 is 7.15. The quantitative estimate of drug-likeness (QED) is 0.284. The van der Waals surface area contributed by atoms with Gasteiger partial charge in [-0.15, -0.1) is 0 Å². The molecule has 0 N–H and O–H groups in total. The van der Waals surface area contributed by atoms with E-state index >= 15 is 0 Å².